The third kappa shape index (κ3) is 2.41. The Morgan fingerprint density at radius 1 is 1.24 bits per heavy atom. The number of methoxy groups -OCH3 is 1. The number of carbonyl (C=O) groups is 2. The Labute approximate surface area is 121 Å². The van der Waals surface area contributed by atoms with E-state index in [-0.39, 0.29) is 11.9 Å². The van der Waals surface area contributed by atoms with Crippen LogP contribution in [0, 0.1) is 0 Å². The van der Waals surface area contributed by atoms with Crippen LogP contribution in [-0.2, 0) is 9.53 Å². The first kappa shape index (κ1) is 13.1. The lowest BCUT2D eigenvalue weighted by Crippen LogP contribution is -2.04. The second-order valence-corrected chi connectivity index (χ2v) is 4.53. The molecule has 0 unspecified atom stereocenters. The highest BCUT2D eigenvalue weighted by molar-refractivity contribution is 6.34. The van der Waals surface area contributed by atoms with Gasteiger partial charge in [-0.1, -0.05) is 12.1 Å². The van der Waals surface area contributed by atoms with Gasteiger partial charge in [-0.05, 0) is 35.9 Å². The van der Waals surface area contributed by atoms with Crippen molar-refractivity contribution in [2.45, 2.75) is 0 Å². The third-order valence-corrected chi connectivity index (χ3v) is 3.22. The molecule has 0 saturated carbocycles. The van der Waals surface area contributed by atoms with Crippen molar-refractivity contribution in [2.75, 3.05) is 12.4 Å². The van der Waals surface area contributed by atoms with Gasteiger partial charge >= 0.3 is 5.97 Å². The summed E-state index contributed by atoms with van der Waals surface area (Å²) < 4.78 is 4.65. The maximum absolute atomic E-state index is 12.0. The summed E-state index contributed by atoms with van der Waals surface area (Å²) >= 11 is 0. The maximum atomic E-state index is 12.0. The van der Waals surface area contributed by atoms with E-state index in [1.54, 1.807) is 42.6 Å². The van der Waals surface area contributed by atoms with Crippen molar-refractivity contribution >= 4 is 29.3 Å². The van der Waals surface area contributed by atoms with Crippen molar-refractivity contribution < 1.29 is 14.3 Å². The molecule has 0 aliphatic carbocycles. The second kappa shape index (κ2) is 5.20. The SMILES string of the molecule is COC(=O)c1ccc(C=C2C(=O)Nc3ncccc32)cc1. The van der Waals surface area contributed by atoms with Crippen LogP contribution in [0.15, 0.2) is 42.6 Å². The number of hydrogen-bond donors (Lipinski definition) is 1. The number of anilines is 1. The molecule has 1 amide bonds. The summed E-state index contributed by atoms with van der Waals surface area (Å²) in [6.07, 6.45) is 3.40. The van der Waals surface area contributed by atoms with Crippen molar-refractivity contribution in [1.82, 2.24) is 4.98 Å². The standard InChI is InChI=1S/C16H12N2O3/c1-21-16(20)11-6-4-10(5-7-11)9-13-12-3-2-8-17-14(12)18-15(13)19/h2-9H,1H3,(H,17,18,19). The molecule has 0 bridgehead atoms. The number of rotatable bonds is 2. The van der Waals surface area contributed by atoms with E-state index in [0.29, 0.717) is 17.0 Å². The smallest absolute Gasteiger partial charge is 0.337 e. The van der Waals surface area contributed by atoms with E-state index in [1.807, 2.05) is 6.07 Å². The fraction of sp³-hybridized carbons (Fsp3) is 0.0625. The van der Waals surface area contributed by atoms with Gasteiger partial charge in [-0.15, -0.1) is 0 Å². The number of pyridine rings is 1. The normalized spacial score (nSPS) is 14.7. The first-order valence-corrected chi connectivity index (χ1v) is 6.36. The van der Waals surface area contributed by atoms with Crippen molar-refractivity contribution in [1.29, 1.82) is 0 Å². The zero-order valence-electron chi connectivity index (χ0n) is 11.3. The van der Waals surface area contributed by atoms with Gasteiger partial charge in [-0.3, -0.25) is 4.79 Å². The molecule has 0 spiro atoms. The predicted molar refractivity (Wildman–Crippen MR) is 78.5 cm³/mol. The van der Waals surface area contributed by atoms with Gasteiger partial charge in [-0.2, -0.15) is 0 Å². The molecule has 5 nitrogen and oxygen atoms in total. The molecule has 0 saturated heterocycles. The molecule has 104 valence electrons. The summed E-state index contributed by atoms with van der Waals surface area (Å²) in [6.45, 7) is 0. The fourth-order valence-corrected chi connectivity index (χ4v) is 2.16. The molecule has 2 heterocycles. The van der Waals surface area contributed by atoms with E-state index in [4.69, 9.17) is 0 Å². The molecular formula is C16H12N2O3. The Morgan fingerprint density at radius 3 is 2.71 bits per heavy atom. The van der Waals surface area contributed by atoms with Gasteiger partial charge in [-0.25, -0.2) is 9.78 Å². The molecule has 1 aliphatic heterocycles. The number of nitrogens with one attached hydrogen (secondary N) is 1. The Bertz CT molecular complexity index is 748. The van der Waals surface area contributed by atoms with Gasteiger partial charge < -0.3 is 10.1 Å². The Balaban J connectivity index is 1.95. The van der Waals surface area contributed by atoms with E-state index < -0.39 is 0 Å². The van der Waals surface area contributed by atoms with Gasteiger partial charge in [0, 0.05) is 11.8 Å². The lowest BCUT2D eigenvalue weighted by molar-refractivity contribution is -0.110. The summed E-state index contributed by atoms with van der Waals surface area (Å²) in [5.74, 6) is 0.00281. The Morgan fingerprint density at radius 2 is 2.00 bits per heavy atom. The molecule has 21 heavy (non-hydrogen) atoms. The summed E-state index contributed by atoms with van der Waals surface area (Å²) in [6, 6.07) is 10.5. The Hall–Kier alpha value is -2.95. The number of ether oxygens (including phenoxy) is 1. The van der Waals surface area contributed by atoms with Crippen LogP contribution in [0.3, 0.4) is 0 Å². The highest BCUT2D eigenvalue weighted by Gasteiger charge is 2.24. The molecule has 1 aromatic heterocycles. The lowest BCUT2D eigenvalue weighted by Gasteiger charge is -2.01. The van der Waals surface area contributed by atoms with Crippen LogP contribution in [-0.4, -0.2) is 24.0 Å². The molecule has 1 aromatic carbocycles. The molecule has 0 radical (unpaired) electrons. The number of esters is 1. The van der Waals surface area contributed by atoms with E-state index in [1.165, 1.54) is 7.11 Å². The van der Waals surface area contributed by atoms with Crippen LogP contribution in [0.5, 0.6) is 0 Å². The van der Waals surface area contributed by atoms with Crippen LogP contribution in [0.25, 0.3) is 11.6 Å². The van der Waals surface area contributed by atoms with Crippen molar-refractivity contribution in [3.63, 3.8) is 0 Å². The predicted octanol–water partition coefficient (Wildman–Crippen LogP) is 2.36. The molecule has 3 rings (SSSR count). The number of hydrogen-bond acceptors (Lipinski definition) is 4. The second-order valence-electron chi connectivity index (χ2n) is 4.53. The van der Waals surface area contributed by atoms with E-state index in [9.17, 15) is 9.59 Å². The zero-order valence-corrected chi connectivity index (χ0v) is 11.3. The van der Waals surface area contributed by atoms with E-state index in [2.05, 4.69) is 15.0 Å². The van der Waals surface area contributed by atoms with Crippen LogP contribution in [0.1, 0.15) is 21.5 Å². The summed E-state index contributed by atoms with van der Waals surface area (Å²) in [5, 5.41) is 2.71. The van der Waals surface area contributed by atoms with Crippen LogP contribution in [0.4, 0.5) is 5.82 Å². The highest BCUT2D eigenvalue weighted by atomic mass is 16.5. The highest BCUT2D eigenvalue weighted by Crippen LogP contribution is 2.30. The van der Waals surface area contributed by atoms with Gasteiger partial charge in [0.25, 0.3) is 5.91 Å². The van der Waals surface area contributed by atoms with Crippen molar-refractivity contribution in [3.05, 3.63) is 59.3 Å². The number of fused-ring (bicyclic) bond motifs is 1. The molecule has 5 heteroatoms. The summed E-state index contributed by atoms with van der Waals surface area (Å²) in [7, 11) is 1.34. The van der Waals surface area contributed by atoms with E-state index in [0.717, 1.165) is 11.1 Å². The van der Waals surface area contributed by atoms with Crippen LogP contribution >= 0.6 is 0 Å². The molecule has 1 aliphatic rings. The number of aromatic nitrogens is 1. The number of benzene rings is 1. The van der Waals surface area contributed by atoms with Gasteiger partial charge in [0.15, 0.2) is 0 Å². The molecule has 0 atom stereocenters. The maximum Gasteiger partial charge on any atom is 0.337 e. The summed E-state index contributed by atoms with van der Waals surface area (Å²) in [5.41, 5.74) is 2.63. The number of carbonyl (C=O) groups excluding carboxylic acids is 2. The van der Waals surface area contributed by atoms with Gasteiger partial charge in [0.05, 0.1) is 18.2 Å². The first-order valence-electron chi connectivity index (χ1n) is 6.36. The average molecular weight is 280 g/mol. The first-order chi connectivity index (χ1) is 10.2. The monoisotopic (exact) mass is 280 g/mol. The van der Waals surface area contributed by atoms with Crippen LogP contribution in [0.2, 0.25) is 0 Å². The minimum atomic E-state index is -0.387. The van der Waals surface area contributed by atoms with Crippen molar-refractivity contribution in [2.24, 2.45) is 0 Å². The van der Waals surface area contributed by atoms with Crippen molar-refractivity contribution in [3.8, 4) is 0 Å². The molecular weight excluding hydrogens is 268 g/mol. The topological polar surface area (TPSA) is 68.3 Å². The summed E-state index contributed by atoms with van der Waals surface area (Å²) in [4.78, 5) is 27.5. The average Bonchev–Trinajstić information content (AvgIpc) is 2.83. The fourth-order valence-electron chi connectivity index (χ4n) is 2.16. The van der Waals surface area contributed by atoms with Gasteiger partial charge in [0.2, 0.25) is 0 Å². The minimum Gasteiger partial charge on any atom is -0.465 e. The zero-order chi connectivity index (χ0) is 14.8. The molecule has 0 fully saturated rings. The number of amides is 1. The van der Waals surface area contributed by atoms with E-state index >= 15 is 0 Å². The van der Waals surface area contributed by atoms with Gasteiger partial charge in [0.1, 0.15) is 5.82 Å². The van der Waals surface area contributed by atoms with Crippen LogP contribution < -0.4 is 5.32 Å². The Kier molecular flexibility index (Phi) is 3.23. The minimum absolute atomic E-state index is 0.180. The third-order valence-electron chi connectivity index (χ3n) is 3.22. The largest absolute Gasteiger partial charge is 0.465 e. The lowest BCUT2D eigenvalue weighted by atomic mass is 10.0. The molecule has 2 aromatic rings. The molecule has 1 N–H and O–H groups in total. The quantitative estimate of drug-likeness (QED) is 0.677. The number of nitrogens with zero attached hydrogens (tertiary/aromatic N) is 1.